The van der Waals surface area contributed by atoms with Gasteiger partial charge in [0, 0.05) is 53.4 Å². The van der Waals surface area contributed by atoms with Crippen LogP contribution in [0, 0.1) is 12.8 Å². The minimum atomic E-state index is 0.505. The minimum absolute atomic E-state index is 0.505. The molecule has 1 aliphatic rings. The molecule has 1 aliphatic heterocycles. The molecule has 4 rings (SSSR count). The number of piperidine rings is 1. The van der Waals surface area contributed by atoms with Crippen molar-refractivity contribution in [1.82, 2.24) is 4.40 Å². The third-order valence-corrected chi connectivity index (χ3v) is 5.48. The van der Waals surface area contributed by atoms with Crippen molar-refractivity contribution >= 4 is 11.2 Å². The van der Waals surface area contributed by atoms with Crippen molar-refractivity contribution in [3.05, 3.63) is 54.4 Å². The zero-order valence-electron chi connectivity index (χ0n) is 16.7. The zero-order chi connectivity index (χ0) is 18.8. The smallest absolute Gasteiger partial charge is 0.129 e. The van der Waals surface area contributed by atoms with Crippen LogP contribution in [0.4, 0.5) is 5.69 Å². The Morgan fingerprint density at radius 1 is 0.963 bits per heavy atom. The number of ether oxygens (including phenoxy) is 1. The van der Waals surface area contributed by atoms with Crippen LogP contribution in [-0.2, 0) is 0 Å². The summed E-state index contributed by atoms with van der Waals surface area (Å²) in [6.07, 6.45) is 6.05. The lowest BCUT2D eigenvalue weighted by molar-refractivity contribution is 0.272. The normalized spacial score (nSPS) is 14.9. The van der Waals surface area contributed by atoms with Crippen molar-refractivity contribution in [3.8, 4) is 16.9 Å². The lowest BCUT2D eigenvalue weighted by atomic mass is 10.0. The number of hydrogen-bond acceptors (Lipinski definition) is 2. The van der Waals surface area contributed by atoms with E-state index in [0.29, 0.717) is 5.92 Å². The van der Waals surface area contributed by atoms with Crippen LogP contribution >= 0.6 is 0 Å². The van der Waals surface area contributed by atoms with Crippen LogP contribution in [0.3, 0.4) is 0 Å². The van der Waals surface area contributed by atoms with Crippen LogP contribution < -0.4 is 9.64 Å². The number of nitrogens with zero attached hydrogens (tertiary/aromatic N) is 2. The number of aromatic nitrogens is 1. The molecule has 0 bridgehead atoms. The van der Waals surface area contributed by atoms with Crippen LogP contribution in [-0.4, -0.2) is 24.1 Å². The van der Waals surface area contributed by atoms with Gasteiger partial charge in [-0.1, -0.05) is 19.9 Å². The monoisotopic (exact) mass is 362 g/mol. The van der Waals surface area contributed by atoms with Crippen molar-refractivity contribution in [2.24, 2.45) is 5.92 Å². The second-order valence-electron chi connectivity index (χ2n) is 8.07. The average molecular weight is 363 g/mol. The molecule has 2 aromatic heterocycles. The first-order chi connectivity index (χ1) is 13.1. The van der Waals surface area contributed by atoms with Gasteiger partial charge in [-0.25, -0.2) is 0 Å². The Bertz CT molecular complexity index is 919. The molecule has 0 amide bonds. The Kier molecular flexibility index (Phi) is 5.11. The first kappa shape index (κ1) is 18.0. The van der Waals surface area contributed by atoms with E-state index < -0.39 is 0 Å². The van der Waals surface area contributed by atoms with E-state index in [4.69, 9.17) is 4.74 Å². The summed E-state index contributed by atoms with van der Waals surface area (Å²) in [6.45, 7) is 9.63. The highest BCUT2D eigenvalue weighted by atomic mass is 16.5. The molecular formula is C24H30N2O. The summed E-state index contributed by atoms with van der Waals surface area (Å²) in [4.78, 5) is 2.50. The maximum Gasteiger partial charge on any atom is 0.129 e. The van der Waals surface area contributed by atoms with Crippen LogP contribution in [0.1, 0.15) is 38.8 Å². The van der Waals surface area contributed by atoms with E-state index in [2.05, 4.69) is 78.7 Å². The molecule has 0 radical (unpaired) electrons. The van der Waals surface area contributed by atoms with Crippen LogP contribution in [0.15, 0.2) is 48.7 Å². The van der Waals surface area contributed by atoms with Crippen molar-refractivity contribution in [1.29, 1.82) is 0 Å². The quantitative estimate of drug-likeness (QED) is 0.559. The maximum absolute atomic E-state index is 6.30. The molecule has 1 saturated heterocycles. The van der Waals surface area contributed by atoms with Crippen LogP contribution in [0.25, 0.3) is 16.6 Å². The minimum Gasteiger partial charge on any atom is -0.493 e. The molecule has 27 heavy (non-hydrogen) atoms. The Labute approximate surface area is 162 Å². The third-order valence-electron chi connectivity index (χ3n) is 5.48. The van der Waals surface area contributed by atoms with Gasteiger partial charge in [0.25, 0.3) is 0 Å². The summed E-state index contributed by atoms with van der Waals surface area (Å²) in [5.74, 6) is 1.51. The lowest BCUT2D eigenvalue weighted by Gasteiger charge is -2.29. The first-order valence-corrected chi connectivity index (χ1v) is 10.2. The fourth-order valence-electron chi connectivity index (χ4n) is 3.99. The summed E-state index contributed by atoms with van der Waals surface area (Å²) >= 11 is 0. The Morgan fingerprint density at radius 3 is 2.52 bits per heavy atom. The second kappa shape index (κ2) is 7.67. The fourth-order valence-corrected chi connectivity index (χ4v) is 3.99. The van der Waals surface area contributed by atoms with Gasteiger partial charge < -0.3 is 14.0 Å². The molecule has 0 saturated carbocycles. The summed E-state index contributed by atoms with van der Waals surface area (Å²) in [6, 6.07) is 15.4. The molecule has 3 aromatic rings. The van der Waals surface area contributed by atoms with Gasteiger partial charge in [-0.05, 0) is 62.4 Å². The molecule has 0 N–H and O–H groups in total. The number of fused-ring (bicyclic) bond motifs is 1. The number of benzene rings is 1. The van der Waals surface area contributed by atoms with Crippen molar-refractivity contribution in [2.75, 3.05) is 24.6 Å². The van der Waals surface area contributed by atoms with Gasteiger partial charge in [0.2, 0.25) is 0 Å². The third kappa shape index (κ3) is 3.69. The maximum atomic E-state index is 6.30. The molecule has 0 spiro atoms. The highest BCUT2D eigenvalue weighted by molar-refractivity contribution is 5.79. The Hall–Kier alpha value is -2.42. The molecule has 0 atom stereocenters. The second-order valence-corrected chi connectivity index (χ2v) is 8.07. The first-order valence-electron chi connectivity index (χ1n) is 10.2. The van der Waals surface area contributed by atoms with Gasteiger partial charge in [0.05, 0.1) is 6.61 Å². The average Bonchev–Trinajstić information content (AvgIpc) is 3.03. The van der Waals surface area contributed by atoms with Crippen molar-refractivity contribution in [2.45, 2.75) is 40.0 Å². The van der Waals surface area contributed by atoms with E-state index >= 15 is 0 Å². The SMILES string of the molecule is Cc1c(-c2ccc(N3CCCCC3)cc2OCC(C)C)cc2ccccn12. The Balaban J connectivity index is 1.76. The standard InChI is InChI=1S/C24H30N2O/c1-18(2)17-27-24-16-20(25-12-6-4-7-13-25)10-11-22(24)23-15-21-9-5-8-14-26(21)19(23)3/h5,8-11,14-16,18H,4,6-7,12-13,17H2,1-3H3. The van der Waals surface area contributed by atoms with Crippen LogP contribution in [0.2, 0.25) is 0 Å². The highest BCUT2D eigenvalue weighted by Gasteiger charge is 2.17. The number of rotatable bonds is 5. The summed E-state index contributed by atoms with van der Waals surface area (Å²) in [7, 11) is 0. The van der Waals surface area contributed by atoms with E-state index in [1.54, 1.807) is 0 Å². The van der Waals surface area contributed by atoms with E-state index in [-0.39, 0.29) is 0 Å². The van der Waals surface area contributed by atoms with Gasteiger partial charge in [0.15, 0.2) is 0 Å². The lowest BCUT2D eigenvalue weighted by Crippen LogP contribution is -2.29. The molecule has 3 nitrogen and oxygen atoms in total. The van der Waals surface area contributed by atoms with Crippen molar-refractivity contribution < 1.29 is 4.74 Å². The molecule has 142 valence electrons. The van der Waals surface area contributed by atoms with Gasteiger partial charge in [0.1, 0.15) is 5.75 Å². The fraction of sp³-hybridized carbons (Fsp3) is 0.417. The molecule has 0 unspecified atom stereocenters. The molecule has 0 aliphatic carbocycles. The van der Waals surface area contributed by atoms with Gasteiger partial charge in [-0.3, -0.25) is 0 Å². The number of aryl methyl sites for hydroxylation is 1. The van der Waals surface area contributed by atoms with E-state index in [1.165, 1.54) is 47.3 Å². The van der Waals surface area contributed by atoms with E-state index in [1.807, 2.05) is 0 Å². The highest BCUT2D eigenvalue weighted by Crippen LogP contribution is 2.37. The summed E-state index contributed by atoms with van der Waals surface area (Å²) < 4.78 is 8.55. The summed E-state index contributed by atoms with van der Waals surface area (Å²) in [5, 5.41) is 0. The summed E-state index contributed by atoms with van der Waals surface area (Å²) in [5.41, 5.74) is 6.21. The van der Waals surface area contributed by atoms with E-state index in [9.17, 15) is 0 Å². The predicted molar refractivity (Wildman–Crippen MR) is 114 cm³/mol. The predicted octanol–water partition coefficient (Wildman–Crippen LogP) is 5.94. The number of hydrogen-bond donors (Lipinski definition) is 0. The van der Waals surface area contributed by atoms with Crippen LogP contribution in [0.5, 0.6) is 5.75 Å². The van der Waals surface area contributed by atoms with Gasteiger partial charge in [-0.2, -0.15) is 0 Å². The topological polar surface area (TPSA) is 16.9 Å². The van der Waals surface area contributed by atoms with Gasteiger partial charge >= 0.3 is 0 Å². The van der Waals surface area contributed by atoms with Gasteiger partial charge in [-0.15, -0.1) is 0 Å². The molecule has 1 fully saturated rings. The molecular weight excluding hydrogens is 332 g/mol. The zero-order valence-corrected chi connectivity index (χ0v) is 16.7. The number of pyridine rings is 1. The number of anilines is 1. The largest absolute Gasteiger partial charge is 0.493 e. The van der Waals surface area contributed by atoms with Crippen molar-refractivity contribution in [3.63, 3.8) is 0 Å². The molecule has 1 aromatic carbocycles. The van der Waals surface area contributed by atoms with E-state index in [0.717, 1.165) is 25.4 Å². The molecule has 3 heteroatoms. The molecule has 3 heterocycles. The Morgan fingerprint density at radius 2 is 1.78 bits per heavy atom.